The lowest BCUT2D eigenvalue weighted by atomic mass is 10.1. The Hall–Kier alpha value is -1.86. The Labute approximate surface area is 94.4 Å². The largest absolute Gasteiger partial charge is 0.465 e. The number of carbonyl (C=O) groups excluding carboxylic acids is 1. The highest BCUT2D eigenvalue weighted by Crippen LogP contribution is 2.07. The van der Waals surface area contributed by atoms with Crippen molar-refractivity contribution in [1.82, 2.24) is 0 Å². The van der Waals surface area contributed by atoms with Gasteiger partial charge >= 0.3 is 5.97 Å². The summed E-state index contributed by atoms with van der Waals surface area (Å²) in [6.45, 7) is 0.797. The number of carbonyl (C=O) groups is 1. The monoisotopic (exact) mass is 219 g/mol. The van der Waals surface area contributed by atoms with Gasteiger partial charge in [-0.25, -0.2) is 4.79 Å². The number of methoxy groups -OCH3 is 1. The van der Waals surface area contributed by atoms with Crippen LogP contribution in [-0.4, -0.2) is 19.7 Å². The molecule has 0 unspecified atom stereocenters. The molecule has 16 heavy (non-hydrogen) atoms. The highest BCUT2D eigenvalue weighted by molar-refractivity contribution is 5.89. The zero-order valence-corrected chi connectivity index (χ0v) is 9.10. The van der Waals surface area contributed by atoms with Crippen molar-refractivity contribution in [1.29, 1.82) is 5.26 Å². The first-order chi connectivity index (χ1) is 7.77. The van der Waals surface area contributed by atoms with Gasteiger partial charge in [0.1, 0.15) is 0 Å². The lowest BCUT2D eigenvalue weighted by Gasteiger charge is -2.04. The maximum atomic E-state index is 11.2. The summed E-state index contributed by atoms with van der Waals surface area (Å²) in [7, 11) is 1.35. The fourth-order valence-corrected chi connectivity index (χ4v) is 1.21. The summed E-state index contributed by atoms with van der Waals surface area (Å²) in [4.78, 5) is 11.2. The van der Waals surface area contributed by atoms with Crippen molar-refractivity contribution in [3.05, 3.63) is 35.4 Å². The molecule has 0 saturated carbocycles. The van der Waals surface area contributed by atoms with Crippen molar-refractivity contribution in [2.45, 2.75) is 13.0 Å². The van der Waals surface area contributed by atoms with Crippen molar-refractivity contribution in [2.24, 2.45) is 0 Å². The summed E-state index contributed by atoms with van der Waals surface area (Å²) in [6.07, 6.45) is 0.372. The van der Waals surface area contributed by atoms with Gasteiger partial charge in [-0.3, -0.25) is 0 Å². The molecule has 0 fully saturated rings. The average molecular weight is 219 g/mol. The van der Waals surface area contributed by atoms with E-state index in [1.54, 1.807) is 18.2 Å². The molecule has 0 aliphatic heterocycles. The van der Waals surface area contributed by atoms with Crippen LogP contribution in [0.15, 0.2) is 24.3 Å². The van der Waals surface area contributed by atoms with E-state index >= 15 is 0 Å². The summed E-state index contributed by atoms with van der Waals surface area (Å²) in [6, 6.07) is 9.03. The third-order valence-electron chi connectivity index (χ3n) is 1.98. The maximum Gasteiger partial charge on any atom is 0.337 e. The van der Waals surface area contributed by atoms with Gasteiger partial charge in [-0.2, -0.15) is 5.26 Å². The smallest absolute Gasteiger partial charge is 0.337 e. The molecule has 4 nitrogen and oxygen atoms in total. The lowest BCUT2D eigenvalue weighted by molar-refractivity contribution is 0.0600. The molecule has 0 heterocycles. The van der Waals surface area contributed by atoms with E-state index in [4.69, 9.17) is 10.00 Å². The molecule has 0 aliphatic rings. The maximum absolute atomic E-state index is 11.2. The Kier molecular flexibility index (Phi) is 5.03. The molecular weight excluding hydrogens is 206 g/mol. The molecule has 1 rings (SSSR count). The minimum atomic E-state index is -0.362. The Balaban J connectivity index is 2.54. The minimum Gasteiger partial charge on any atom is -0.465 e. The Morgan fingerprint density at radius 1 is 1.50 bits per heavy atom. The van der Waals surface area contributed by atoms with Gasteiger partial charge in [0.2, 0.25) is 0 Å². The summed E-state index contributed by atoms with van der Waals surface area (Å²) in [5.74, 6) is -0.362. The predicted molar refractivity (Wildman–Crippen MR) is 57.7 cm³/mol. The Bertz CT molecular complexity index is 395. The SMILES string of the molecule is COC(=O)c1cccc(COCCC#N)c1. The summed E-state index contributed by atoms with van der Waals surface area (Å²) < 4.78 is 9.87. The highest BCUT2D eigenvalue weighted by Gasteiger charge is 2.05. The summed E-state index contributed by atoms with van der Waals surface area (Å²) in [5.41, 5.74) is 1.39. The summed E-state index contributed by atoms with van der Waals surface area (Å²) in [5, 5.41) is 8.32. The molecule has 4 heteroatoms. The van der Waals surface area contributed by atoms with Crippen LogP contribution >= 0.6 is 0 Å². The molecule has 0 aliphatic carbocycles. The van der Waals surface area contributed by atoms with Gasteiger partial charge in [-0.05, 0) is 17.7 Å². The Morgan fingerprint density at radius 2 is 2.31 bits per heavy atom. The van der Waals surface area contributed by atoms with Crippen molar-refractivity contribution in [3.8, 4) is 6.07 Å². The third-order valence-corrected chi connectivity index (χ3v) is 1.98. The van der Waals surface area contributed by atoms with Gasteiger partial charge in [-0.1, -0.05) is 12.1 Å². The molecule has 0 atom stereocenters. The number of hydrogen-bond acceptors (Lipinski definition) is 4. The molecule has 0 bridgehead atoms. The van der Waals surface area contributed by atoms with Crippen LogP contribution < -0.4 is 0 Å². The topological polar surface area (TPSA) is 59.3 Å². The fourth-order valence-electron chi connectivity index (χ4n) is 1.21. The third kappa shape index (κ3) is 3.71. The van der Waals surface area contributed by atoms with Gasteiger partial charge in [0.05, 0.1) is 38.4 Å². The number of hydrogen-bond donors (Lipinski definition) is 0. The van der Waals surface area contributed by atoms with E-state index in [2.05, 4.69) is 4.74 Å². The van der Waals surface area contributed by atoms with E-state index in [1.165, 1.54) is 7.11 Å². The van der Waals surface area contributed by atoms with E-state index in [0.29, 0.717) is 25.2 Å². The molecule has 1 aromatic carbocycles. The first kappa shape index (κ1) is 12.2. The van der Waals surface area contributed by atoms with Gasteiger partial charge in [0.25, 0.3) is 0 Å². The number of rotatable bonds is 5. The van der Waals surface area contributed by atoms with Gasteiger partial charge < -0.3 is 9.47 Å². The minimum absolute atomic E-state index is 0.362. The standard InChI is InChI=1S/C12H13NO3/c1-15-12(14)11-5-2-4-10(8-11)9-16-7-3-6-13/h2,4-5,8H,3,7,9H2,1H3. The number of ether oxygens (including phenoxy) is 2. The van der Waals surface area contributed by atoms with Crippen LogP contribution in [0.2, 0.25) is 0 Å². The van der Waals surface area contributed by atoms with E-state index in [-0.39, 0.29) is 5.97 Å². The van der Waals surface area contributed by atoms with Crippen LogP contribution in [0.3, 0.4) is 0 Å². The molecule has 0 N–H and O–H groups in total. The van der Waals surface area contributed by atoms with Gasteiger partial charge in [-0.15, -0.1) is 0 Å². The van der Waals surface area contributed by atoms with Crippen molar-refractivity contribution < 1.29 is 14.3 Å². The Morgan fingerprint density at radius 3 is 3.00 bits per heavy atom. The highest BCUT2D eigenvalue weighted by atomic mass is 16.5. The van der Waals surface area contributed by atoms with Gasteiger partial charge in [0.15, 0.2) is 0 Å². The zero-order chi connectivity index (χ0) is 11.8. The molecule has 84 valence electrons. The first-order valence-corrected chi connectivity index (χ1v) is 4.90. The van der Waals surface area contributed by atoms with E-state index in [1.807, 2.05) is 12.1 Å². The molecule has 0 amide bonds. The molecule has 0 saturated heterocycles. The quantitative estimate of drug-likeness (QED) is 0.560. The van der Waals surface area contributed by atoms with Crippen molar-refractivity contribution >= 4 is 5.97 Å². The van der Waals surface area contributed by atoms with Crippen LogP contribution in [-0.2, 0) is 16.1 Å². The van der Waals surface area contributed by atoms with Crippen LogP contribution in [0.25, 0.3) is 0 Å². The molecule has 0 aromatic heterocycles. The number of benzene rings is 1. The van der Waals surface area contributed by atoms with Crippen LogP contribution in [0.5, 0.6) is 0 Å². The van der Waals surface area contributed by atoms with Crippen molar-refractivity contribution in [3.63, 3.8) is 0 Å². The second-order valence-electron chi connectivity index (χ2n) is 3.15. The number of nitrogens with zero attached hydrogens (tertiary/aromatic N) is 1. The lowest BCUT2D eigenvalue weighted by Crippen LogP contribution is -2.02. The molecule has 1 aromatic rings. The van der Waals surface area contributed by atoms with Crippen LogP contribution in [0, 0.1) is 11.3 Å². The number of nitriles is 1. The van der Waals surface area contributed by atoms with Crippen LogP contribution in [0.1, 0.15) is 22.3 Å². The number of esters is 1. The van der Waals surface area contributed by atoms with Gasteiger partial charge in [0, 0.05) is 0 Å². The van der Waals surface area contributed by atoms with E-state index < -0.39 is 0 Å². The van der Waals surface area contributed by atoms with E-state index in [9.17, 15) is 4.79 Å². The molecule has 0 radical (unpaired) electrons. The second kappa shape index (κ2) is 6.59. The molecular formula is C12H13NO3. The zero-order valence-electron chi connectivity index (χ0n) is 9.10. The second-order valence-corrected chi connectivity index (χ2v) is 3.15. The van der Waals surface area contributed by atoms with E-state index in [0.717, 1.165) is 5.56 Å². The normalized spacial score (nSPS) is 9.50. The fraction of sp³-hybridized carbons (Fsp3) is 0.333. The van der Waals surface area contributed by atoms with Crippen LogP contribution in [0.4, 0.5) is 0 Å². The molecule has 0 spiro atoms. The predicted octanol–water partition coefficient (Wildman–Crippen LogP) is 1.90. The average Bonchev–Trinajstić information content (AvgIpc) is 2.34. The van der Waals surface area contributed by atoms with Crippen molar-refractivity contribution in [2.75, 3.05) is 13.7 Å². The first-order valence-electron chi connectivity index (χ1n) is 4.90. The summed E-state index contributed by atoms with van der Waals surface area (Å²) >= 11 is 0.